The van der Waals surface area contributed by atoms with E-state index in [0.29, 0.717) is 0 Å². The van der Waals surface area contributed by atoms with Gasteiger partial charge in [0.1, 0.15) is 29.0 Å². The van der Waals surface area contributed by atoms with Crippen LogP contribution >= 0.6 is 0 Å². The Bertz CT molecular complexity index is 1430. The maximum Gasteiger partial charge on any atom is 0.387 e. The smallest absolute Gasteiger partial charge is 0.387 e. The van der Waals surface area contributed by atoms with Crippen LogP contribution in [0.2, 0.25) is 0 Å². The van der Waals surface area contributed by atoms with Gasteiger partial charge in [0.25, 0.3) is 11.5 Å². The highest BCUT2D eigenvalue weighted by Crippen LogP contribution is 2.34. The second kappa shape index (κ2) is 12.2. The molecule has 0 spiro atoms. The van der Waals surface area contributed by atoms with Gasteiger partial charge in [0.15, 0.2) is 0 Å². The second-order valence-corrected chi connectivity index (χ2v) is 9.19. The quantitative estimate of drug-likeness (QED) is 0.408. The molecule has 2 aromatic carbocycles. The van der Waals surface area contributed by atoms with Gasteiger partial charge in [0, 0.05) is 37.4 Å². The standard InChI is InChI=1S/C28H28F3N3O6/c1-16(38-2)14-33-12-4-5-23(26(33)36)34-15-21(20-11-10-19(39-3)13-22(20)29)24(27(34)37)32-25(35)17-6-8-18(9-7-17)40-28(30)31/h4-13,16,21,24,28H,14-15H2,1-3H3,(H,32,35)/t16?,21-,24-/m0/s1. The molecule has 1 fully saturated rings. The van der Waals surface area contributed by atoms with Crippen molar-refractivity contribution in [1.82, 2.24) is 9.88 Å². The van der Waals surface area contributed by atoms with Crippen LogP contribution in [0.3, 0.4) is 0 Å². The van der Waals surface area contributed by atoms with E-state index >= 15 is 4.39 Å². The molecule has 4 rings (SSSR count). The zero-order chi connectivity index (χ0) is 29.0. The van der Waals surface area contributed by atoms with Crippen molar-refractivity contribution in [3.63, 3.8) is 0 Å². The monoisotopic (exact) mass is 559 g/mol. The number of anilines is 1. The minimum absolute atomic E-state index is 0.0671. The van der Waals surface area contributed by atoms with Crippen LogP contribution in [0, 0.1) is 5.82 Å². The number of benzene rings is 2. The first kappa shape index (κ1) is 28.7. The Labute approximate surface area is 228 Å². The van der Waals surface area contributed by atoms with Crippen molar-refractivity contribution in [2.45, 2.75) is 38.1 Å². The van der Waals surface area contributed by atoms with Gasteiger partial charge in [-0.1, -0.05) is 6.07 Å². The molecule has 0 radical (unpaired) electrons. The van der Waals surface area contributed by atoms with Gasteiger partial charge in [-0.25, -0.2) is 4.39 Å². The van der Waals surface area contributed by atoms with Crippen LogP contribution < -0.4 is 25.2 Å². The fourth-order valence-electron chi connectivity index (χ4n) is 4.56. The molecule has 1 aliphatic rings. The van der Waals surface area contributed by atoms with Gasteiger partial charge < -0.3 is 29.0 Å². The predicted molar refractivity (Wildman–Crippen MR) is 140 cm³/mol. The van der Waals surface area contributed by atoms with Gasteiger partial charge in [-0.15, -0.1) is 0 Å². The normalized spacial score (nSPS) is 17.7. The lowest BCUT2D eigenvalue weighted by atomic mass is 9.93. The number of carbonyl (C=O) groups excluding carboxylic acids is 2. The summed E-state index contributed by atoms with van der Waals surface area (Å²) >= 11 is 0. The third-order valence-corrected chi connectivity index (χ3v) is 6.70. The van der Waals surface area contributed by atoms with Gasteiger partial charge in [-0.05, 0) is 55.0 Å². The van der Waals surface area contributed by atoms with Gasteiger partial charge in [-0.2, -0.15) is 8.78 Å². The van der Waals surface area contributed by atoms with Crippen LogP contribution in [0.25, 0.3) is 0 Å². The summed E-state index contributed by atoms with van der Waals surface area (Å²) in [5.74, 6) is -2.69. The van der Waals surface area contributed by atoms with E-state index in [1.54, 1.807) is 19.2 Å². The summed E-state index contributed by atoms with van der Waals surface area (Å²) in [4.78, 5) is 41.3. The average molecular weight is 560 g/mol. The highest BCUT2D eigenvalue weighted by Gasteiger charge is 2.44. The van der Waals surface area contributed by atoms with Crippen molar-refractivity contribution in [2.75, 3.05) is 25.7 Å². The fourth-order valence-corrected chi connectivity index (χ4v) is 4.56. The molecule has 9 nitrogen and oxygen atoms in total. The zero-order valence-electron chi connectivity index (χ0n) is 22.0. The molecule has 2 heterocycles. The first-order valence-electron chi connectivity index (χ1n) is 12.4. The molecule has 1 N–H and O–H groups in total. The minimum Gasteiger partial charge on any atom is -0.497 e. The highest BCUT2D eigenvalue weighted by atomic mass is 19.3. The molecule has 212 valence electrons. The van der Waals surface area contributed by atoms with Crippen LogP contribution in [-0.4, -0.2) is 55.9 Å². The van der Waals surface area contributed by atoms with Crippen molar-refractivity contribution in [1.29, 1.82) is 0 Å². The molecule has 2 amide bonds. The maximum atomic E-state index is 15.2. The van der Waals surface area contributed by atoms with Crippen molar-refractivity contribution in [3.05, 3.63) is 88.1 Å². The average Bonchev–Trinajstić information content (AvgIpc) is 3.24. The van der Waals surface area contributed by atoms with Crippen LogP contribution in [-0.2, 0) is 16.1 Å². The molecule has 1 aliphatic heterocycles. The van der Waals surface area contributed by atoms with Crippen LogP contribution in [0.15, 0.2) is 65.6 Å². The molecule has 1 saturated heterocycles. The van der Waals surface area contributed by atoms with Gasteiger partial charge >= 0.3 is 6.61 Å². The topological polar surface area (TPSA) is 99.1 Å². The number of carbonyl (C=O) groups is 2. The van der Waals surface area contributed by atoms with E-state index in [4.69, 9.17) is 9.47 Å². The lowest BCUT2D eigenvalue weighted by Crippen LogP contribution is -2.44. The largest absolute Gasteiger partial charge is 0.497 e. The Kier molecular flexibility index (Phi) is 8.78. The SMILES string of the molecule is COc1ccc([C@@H]2CN(c3cccn(CC(C)OC)c3=O)C(=O)[C@H]2NC(=O)c2ccc(OC(F)F)cc2)c(F)c1. The van der Waals surface area contributed by atoms with Crippen LogP contribution in [0.5, 0.6) is 11.5 Å². The molecular weight excluding hydrogens is 531 g/mol. The van der Waals surface area contributed by atoms with E-state index in [1.165, 1.54) is 72.2 Å². The number of rotatable bonds is 10. The summed E-state index contributed by atoms with van der Waals surface area (Å²) < 4.78 is 56.2. The third kappa shape index (κ3) is 6.12. The van der Waals surface area contributed by atoms with Crippen LogP contribution in [0.1, 0.15) is 28.8 Å². The first-order chi connectivity index (χ1) is 19.1. The number of ether oxygens (including phenoxy) is 3. The number of methoxy groups -OCH3 is 2. The zero-order valence-corrected chi connectivity index (χ0v) is 22.0. The van der Waals surface area contributed by atoms with Crippen LogP contribution in [0.4, 0.5) is 18.9 Å². The first-order valence-corrected chi connectivity index (χ1v) is 12.4. The number of pyridine rings is 1. The van der Waals surface area contributed by atoms with E-state index in [-0.39, 0.29) is 47.5 Å². The fraction of sp³-hybridized carbons (Fsp3) is 0.321. The van der Waals surface area contributed by atoms with E-state index in [2.05, 4.69) is 10.1 Å². The number of hydrogen-bond acceptors (Lipinski definition) is 6. The van der Waals surface area contributed by atoms with E-state index in [1.807, 2.05) is 0 Å². The number of halogens is 3. The van der Waals surface area contributed by atoms with E-state index in [9.17, 15) is 23.2 Å². The third-order valence-electron chi connectivity index (χ3n) is 6.70. The molecule has 0 bridgehead atoms. The summed E-state index contributed by atoms with van der Waals surface area (Å²) in [6, 6.07) is 11.0. The number of alkyl halides is 2. The lowest BCUT2D eigenvalue weighted by molar-refractivity contribution is -0.118. The number of nitrogens with one attached hydrogen (secondary N) is 1. The summed E-state index contributed by atoms with van der Waals surface area (Å²) in [5, 5.41) is 2.64. The molecule has 12 heteroatoms. The Morgan fingerprint density at radius 1 is 1.07 bits per heavy atom. The van der Waals surface area contributed by atoms with E-state index in [0.717, 1.165) is 0 Å². The summed E-state index contributed by atoms with van der Waals surface area (Å²) in [5.41, 5.74) is -0.167. The van der Waals surface area contributed by atoms with Crippen molar-refractivity contribution < 1.29 is 37.0 Å². The summed E-state index contributed by atoms with van der Waals surface area (Å²) in [7, 11) is 2.91. The van der Waals surface area contributed by atoms with Crippen molar-refractivity contribution in [3.8, 4) is 11.5 Å². The molecule has 40 heavy (non-hydrogen) atoms. The second-order valence-electron chi connectivity index (χ2n) is 9.19. The number of aromatic nitrogens is 1. The molecule has 0 aliphatic carbocycles. The summed E-state index contributed by atoms with van der Waals surface area (Å²) in [6.45, 7) is -1.08. The molecule has 3 aromatic rings. The van der Waals surface area contributed by atoms with Gasteiger partial charge in [0.05, 0.1) is 19.8 Å². The summed E-state index contributed by atoms with van der Waals surface area (Å²) in [6.07, 6.45) is 1.30. The van der Waals surface area contributed by atoms with E-state index < -0.39 is 41.8 Å². The predicted octanol–water partition coefficient (Wildman–Crippen LogP) is 3.56. The molecular formula is C28H28F3N3O6. The van der Waals surface area contributed by atoms with Crippen molar-refractivity contribution in [2.24, 2.45) is 0 Å². The van der Waals surface area contributed by atoms with Gasteiger partial charge in [-0.3, -0.25) is 14.4 Å². The van der Waals surface area contributed by atoms with Gasteiger partial charge in [0.2, 0.25) is 5.91 Å². The Morgan fingerprint density at radius 2 is 1.77 bits per heavy atom. The highest BCUT2D eigenvalue weighted by molar-refractivity contribution is 6.05. The molecule has 0 saturated carbocycles. The number of nitrogens with zero attached hydrogens (tertiary/aromatic N) is 2. The maximum absolute atomic E-state index is 15.2. The minimum atomic E-state index is -3.03. The Morgan fingerprint density at radius 3 is 2.40 bits per heavy atom. The number of hydrogen-bond donors (Lipinski definition) is 1. The molecule has 3 atom stereocenters. The number of amides is 2. The molecule has 1 unspecified atom stereocenters. The Hall–Kier alpha value is -4.32. The Balaban J connectivity index is 1.68. The van der Waals surface area contributed by atoms with Crippen molar-refractivity contribution >= 4 is 17.5 Å². The molecule has 1 aromatic heterocycles. The lowest BCUT2D eigenvalue weighted by Gasteiger charge is -2.19.